The van der Waals surface area contributed by atoms with Gasteiger partial charge < -0.3 is 10.2 Å². The summed E-state index contributed by atoms with van der Waals surface area (Å²) < 4.78 is 0. The highest BCUT2D eigenvalue weighted by Crippen LogP contribution is 2.59. The Labute approximate surface area is 153 Å². The number of aliphatic hydroxyl groups is 2. The maximum atomic E-state index is 10.0. The molecule has 0 unspecified atom stereocenters. The standard InChI is InChI=1S/C23H34O2/c1-5-15(2)19-10-11-20-18(7-6-12-23(19,20)4)9-8-17-13-21(24)16(3)22(25)14-17/h8-9,19-22,24-25H,2-3,5-7,10-14H2,1,4H3/b18-9+/t19-,20+,21-,22-,23-/m1/s1. The maximum Gasteiger partial charge on any atom is 0.0809 e. The van der Waals surface area contributed by atoms with Crippen molar-refractivity contribution in [3.63, 3.8) is 0 Å². The molecule has 0 bridgehead atoms. The molecule has 0 amide bonds. The molecular weight excluding hydrogens is 308 g/mol. The highest BCUT2D eigenvalue weighted by atomic mass is 16.3. The maximum absolute atomic E-state index is 10.0. The van der Waals surface area contributed by atoms with Gasteiger partial charge in [-0.25, -0.2) is 0 Å². The minimum absolute atomic E-state index is 0.371. The van der Waals surface area contributed by atoms with E-state index in [1.54, 1.807) is 5.57 Å². The molecule has 3 aliphatic carbocycles. The van der Waals surface area contributed by atoms with E-state index in [1.165, 1.54) is 37.7 Å². The zero-order valence-corrected chi connectivity index (χ0v) is 15.9. The molecule has 2 heteroatoms. The summed E-state index contributed by atoms with van der Waals surface area (Å²) in [4.78, 5) is 0. The van der Waals surface area contributed by atoms with Crippen LogP contribution < -0.4 is 0 Å². The predicted octanol–water partition coefficient (Wildman–Crippen LogP) is 5.09. The van der Waals surface area contributed by atoms with E-state index < -0.39 is 12.2 Å². The molecule has 0 aromatic carbocycles. The minimum atomic E-state index is -0.603. The summed E-state index contributed by atoms with van der Waals surface area (Å²) >= 11 is 0. The van der Waals surface area contributed by atoms with Crippen molar-refractivity contribution < 1.29 is 10.2 Å². The smallest absolute Gasteiger partial charge is 0.0809 e. The molecule has 0 saturated heterocycles. The van der Waals surface area contributed by atoms with Gasteiger partial charge in [0.15, 0.2) is 0 Å². The lowest BCUT2D eigenvalue weighted by Gasteiger charge is -2.43. The molecule has 3 saturated carbocycles. The van der Waals surface area contributed by atoms with Crippen LogP contribution in [-0.2, 0) is 0 Å². The van der Waals surface area contributed by atoms with E-state index in [4.69, 9.17) is 0 Å². The zero-order valence-electron chi connectivity index (χ0n) is 15.9. The molecule has 3 rings (SSSR count). The van der Waals surface area contributed by atoms with Crippen molar-refractivity contribution in [2.24, 2.45) is 17.3 Å². The lowest BCUT2D eigenvalue weighted by Crippen LogP contribution is -2.33. The van der Waals surface area contributed by atoms with Crippen LogP contribution in [0.3, 0.4) is 0 Å². The molecule has 0 radical (unpaired) electrons. The van der Waals surface area contributed by atoms with Crippen molar-refractivity contribution in [3.8, 4) is 0 Å². The van der Waals surface area contributed by atoms with E-state index in [2.05, 4.69) is 39.2 Å². The number of hydrogen-bond acceptors (Lipinski definition) is 2. The summed E-state index contributed by atoms with van der Waals surface area (Å²) in [6.45, 7) is 12.9. The Kier molecular flexibility index (Phi) is 5.41. The normalized spacial score (nSPS) is 40.2. The first-order valence-electron chi connectivity index (χ1n) is 9.97. The number of allylic oxidation sites excluding steroid dienone is 4. The molecule has 3 fully saturated rings. The Hall–Kier alpha value is -1.12. The van der Waals surface area contributed by atoms with Crippen molar-refractivity contribution in [2.45, 2.75) is 77.4 Å². The lowest BCUT2D eigenvalue weighted by molar-refractivity contribution is 0.123. The Balaban J connectivity index is 1.79. The van der Waals surface area contributed by atoms with Gasteiger partial charge in [0.25, 0.3) is 0 Å². The van der Waals surface area contributed by atoms with Gasteiger partial charge in [0, 0.05) is 0 Å². The second-order valence-electron chi connectivity index (χ2n) is 8.63. The molecule has 2 N–H and O–H groups in total. The molecular formula is C23H34O2. The van der Waals surface area contributed by atoms with Crippen LogP contribution in [0.4, 0.5) is 0 Å². The predicted molar refractivity (Wildman–Crippen MR) is 104 cm³/mol. The van der Waals surface area contributed by atoms with Crippen LogP contribution in [0.5, 0.6) is 0 Å². The molecule has 5 atom stereocenters. The molecule has 0 aromatic heterocycles. The number of aliphatic hydroxyl groups excluding tert-OH is 2. The molecule has 3 aliphatic rings. The molecule has 0 aromatic rings. The molecule has 138 valence electrons. The lowest BCUT2D eigenvalue weighted by atomic mass is 9.62. The Morgan fingerprint density at radius 3 is 2.52 bits per heavy atom. The van der Waals surface area contributed by atoms with E-state index in [0.29, 0.717) is 35.7 Å². The van der Waals surface area contributed by atoms with Gasteiger partial charge in [-0.2, -0.15) is 0 Å². The van der Waals surface area contributed by atoms with Crippen LogP contribution in [0.1, 0.15) is 65.2 Å². The second-order valence-corrected chi connectivity index (χ2v) is 8.63. The van der Waals surface area contributed by atoms with Crippen molar-refractivity contribution >= 4 is 0 Å². The topological polar surface area (TPSA) is 40.5 Å². The van der Waals surface area contributed by atoms with Crippen LogP contribution in [0.25, 0.3) is 0 Å². The largest absolute Gasteiger partial charge is 0.388 e. The fraction of sp³-hybridized carbons (Fsp3) is 0.652. The summed E-state index contributed by atoms with van der Waals surface area (Å²) in [5.41, 5.74) is 5.07. The number of hydrogen-bond donors (Lipinski definition) is 2. The Morgan fingerprint density at radius 2 is 1.88 bits per heavy atom. The second kappa shape index (κ2) is 7.25. The molecule has 0 aliphatic heterocycles. The van der Waals surface area contributed by atoms with E-state index in [-0.39, 0.29) is 0 Å². The summed E-state index contributed by atoms with van der Waals surface area (Å²) in [6.07, 6.45) is 11.9. The summed E-state index contributed by atoms with van der Waals surface area (Å²) in [6, 6.07) is 0. The highest BCUT2D eigenvalue weighted by molar-refractivity contribution is 5.30. The number of fused-ring (bicyclic) bond motifs is 1. The summed E-state index contributed by atoms with van der Waals surface area (Å²) in [5.74, 6) is 1.33. The fourth-order valence-electron chi connectivity index (χ4n) is 5.58. The third kappa shape index (κ3) is 3.44. The third-order valence-corrected chi connectivity index (χ3v) is 7.21. The van der Waals surface area contributed by atoms with Crippen molar-refractivity contribution in [2.75, 3.05) is 0 Å². The molecule has 25 heavy (non-hydrogen) atoms. The van der Waals surface area contributed by atoms with E-state index in [0.717, 1.165) is 12.0 Å². The van der Waals surface area contributed by atoms with Crippen molar-refractivity contribution in [1.82, 2.24) is 0 Å². The molecule has 0 heterocycles. The van der Waals surface area contributed by atoms with Crippen molar-refractivity contribution in [3.05, 3.63) is 47.6 Å². The van der Waals surface area contributed by atoms with Gasteiger partial charge >= 0.3 is 0 Å². The zero-order chi connectivity index (χ0) is 18.2. The van der Waals surface area contributed by atoms with E-state index >= 15 is 0 Å². The van der Waals surface area contributed by atoms with E-state index in [1.807, 2.05) is 0 Å². The van der Waals surface area contributed by atoms with Crippen LogP contribution >= 0.6 is 0 Å². The fourth-order valence-corrected chi connectivity index (χ4v) is 5.58. The van der Waals surface area contributed by atoms with Crippen LogP contribution in [-0.4, -0.2) is 22.4 Å². The van der Waals surface area contributed by atoms with Gasteiger partial charge in [-0.3, -0.25) is 0 Å². The summed E-state index contributed by atoms with van der Waals surface area (Å²) in [7, 11) is 0. The van der Waals surface area contributed by atoms with Crippen molar-refractivity contribution in [1.29, 1.82) is 0 Å². The molecule has 2 nitrogen and oxygen atoms in total. The first-order valence-corrected chi connectivity index (χ1v) is 9.97. The quantitative estimate of drug-likeness (QED) is 0.701. The first kappa shape index (κ1) is 18.7. The Bertz CT molecular complexity index is 596. The van der Waals surface area contributed by atoms with Gasteiger partial charge in [-0.15, -0.1) is 0 Å². The van der Waals surface area contributed by atoms with Gasteiger partial charge in [-0.05, 0) is 74.2 Å². The molecule has 0 spiro atoms. The Morgan fingerprint density at radius 1 is 1.20 bits per heavy atom. The monoisotopic (exact) mass is 342 g/mol. The number of rotatable bonds is 3. The van der Waals surface area contributed by atoms with Gasteiger partial charge in [0.1, 0.15) is 0 Å². The average molecular weight is 343 g/mol. The first-order chi connectivity index (χ1) is 11.9. The SMILES string of the molecule is C=C1[C@H](O)CC(=C/C=C2\CCC[C@]3(C)[C@@H](C(=C)CC)CC[C@@H]23)C[C@H]1O. The van der Waals surface area contributed by atoms with Crippen LogP contribution in [0, 0.1) is 17.3 Å². The third-order valence-electron chi connectivity index (χ3n) is 7.21. The minimum Gasteiger partial charge on any atom is -0.388 e. The van der Waals surface area contributed by atoms with Gasteiger partial charge in [-0.1, -0.05) is 55.9 Å². The van der Waals surface area contributed by atoms with Crippen LogP contribution in [0.2, 0.25) is 0 Å². The highest BCUT2D eigenvalue weighted by Gasteiger charge is 2.49. The van der Waals surface area contributed by atoms with E-state index in [9.17, 15) is 10.2 Å². The van der Waals surface area contributed by atoms with Gasteiger partial charge in [0.2, 0.25) is 0 Å². The van der Waals surface area contributed by atoms with Crippen LogP contribution in [0.15, 0.2) is 47.6 Å². The van der Waals surface area contributed by atoms with Gasteiger partial charge in [0.05, 0.1) is 12.2 Å². The average Bonchev–Trinajstić information content (AvgIpc) is 2.94. The summed E-state index contributed by atoms with van der Waals surface area (Å²) in [5, 5.41) is 20.1.